The van der Waals surface area contributed by atoms with Crippen molar-refractivity contribution in [3.63, 3.8) is 0 Å². The summed E-state index contributed by atoms with van der Waals surface area (Å²) in [6.45, 7) is 12.9. The summed E-state index contributed by atoms with van der Waals surface area (Å²) in [7, 11) is 0. The monoisotopic (exact) mass is 441 g/mol. The van der Waals surface area contributed by atoms with Crippen LogP contribution in [-0.2, 0) is 6.54 Å². The quantitative estimate of drug-likeness (QED) is 0.429. The predicted molar refractivity (Wildman–Crippen MR) is 124 cm³/mol. The first kappa shape index (κ1) is 22.9. The van der Waals surface area contributed by atoms with Crippen molar-refractivity contribution in [1.82, 2.24) is 20.0 Å². The highest BCUT2D eigenvalue weighted by Crippen LogP contribution is 2.27. The Morgan fingerprint density at radius 3 is 2.43 bits per heavy atom. The van der Waals surface area contributed by atoms with E-state index in [0.29, 0.717) is 21.7 Å². The molecule has 0 fully saturated rings. The summed E-state index contributed by atoms with van der Waals surface area (Å²) in [5, 5.41) is 13.1. The van der Waals surface area contributed by atoms with Crippen LogP contribution in [-0.4, -0.2) is 46.0 Å². The van der Waals surface area contributed by atoms with Gasteiger partial charge in [-0.15, -0.1) is 0 Å². The van der Waals surface area contributed by atoms with Gasteiger partial charge >= 0.3 is 0 Å². The van der Waals surface area contributed by atoms with Gasteiger partial charge in [-0.2, -0.15) is 5.10 Å². The Kier molecular flexibility index (Phi) is 9.02. The summed E-state index contributed by atoms with van der Waals surface area (Å²) < 4.78 is 1.90. The second kappa shape index (κ2) is 11.0. The molecule has 0 saturated heterocycles. The highest BCUT2D eigenvalue weighted by atomic mass is 35.5. The second-order valence-corrected chi connectivity index (χ2v) is 7.89. The smallest absolute Gasteiger partial charge is 0.170 e. The van der Waals surface area contributed by atoms with Crippen LogP contribution in [0.4, 0.5) is 5.69 Å². The van der Waals surface area contributed by atoms with E-state index in [0.717, 1.165) is 55.2 Å². The van der Waals surface area contributed by atoms with Crippen molar-refractivity contribution >= 4 is 46.2 Å². The Labute approximate surface area is 183 Å². The van der Waals surface area contributed by atoms with Crippen LogP contribution in [0.2, 0.25) is 10.0 Å². The third-order valence-electron chi connectivity index (χ3n) is 4.82. The summed E-state index contributed by atoms with van der Waals surface area (Å²) >= 11 is 18.1. The number of aromatic nitrogens is 2. The molecule has 28 heavy (non-hydrogen) atoms. The lowest BCUT2D eigenvalue weighted by Gasteiger charge is -2.18. The van der Waals surface area contributed by atoms with Gasteiger partial charge < -0.3 is 15.5 Å². The van der Waals surface area contributed by atoms with Crippen LogP contribution in [0.1, 0.15) is 37.2 Å². The van der Waals surface area contributed by atoms with Gasteiger partial charge in [-0.25, -0.2) is 0 Å². The Morgan fingerprint density at radius 2 is 1.82 bits per heavy atom. The molecule has 0 atom stereocenters. The molecule has 1 heterocycles. The van der Waals surface area contributed by atoms with Crippen molar-refractivity contribution in [2.75, 3.05) is 31.5 Å². The highest BCUT2D eigenvalue weighted by molar-refractivity contribution is 7.80. The van der Waals surface area contributed by atoms with E-state index < -0.39 is 0 Å². The molecule has 0 spiro atoms. The maximum atomic E-state index is 6.30. The van der Waals surface area contributed by atoms with Gasteiger partial charge in [0.15, 0.2) is 5.11 Å². The average molecular weight is 442 g/mol. The zero-order valence-electron chi connectivity index (χ0n) is 17.0. The first-order chi connectivity index (χ1) is 13.4. The van der Waals surface area contributed by atoms with Gasteiger partial charge in [-0.1, -0.05) is 43.1 Å². The van der Waals surface area contributed by atoms with Crippen LogP contribution in [0.3, 0.4) is 0 Å². The molecule has 0 amide bonds. The van der Waals surface area contributed by atoms with Crippen LogP contribution in [0.15, 0.2) is 18.2 Å². The normalized spacial score (nSPS) is 11.1. The summed E-state index contributed by atoms with van der Waals surface area (Å²) in [6, 6.07) is 5.52. The van der Waals surface area contributed by atoms with E-state index >= 15 is 0 Å². The minimum atomic E-state index is 0.511. The molecule has 0 aliphatic rings. The largest absolute Gasteiger partial charge is 0.362 e. The maximum Gasteiger partial charge on any atom is 0.170 e. The third kappa shape index (κ3) is 6.08. The van der Waals surface area contributed by atoms with E-state index in [9.17, 15) is 0 Å². The van der Waals surface area contributed by atoms with E-state index in [1.165, 1.54) is 0 Å². The van der Waals surface area contributed by atoms with Gasteiger partial charge in [0.25, 0.3) is 0 Å². The van der Waals surface area contributed by atoms with Gasteiger partial charge in [-0.05, 0) is 64.3 Å². The van der Waals surface area contributed by atoms with E-state index in [1.54, 1.807) is 0 Å². The molecular weight excluding hydrogens is 413 g/mol. The minimum absolute atomic E-state index is 0.511. The second-order valence-electron chi connectivity index (χ2n) is 6.67. The predicted octanol–water partition coefficient (Wildman–Crippen LogP) is 4.87. The Bertz CT molecular complexity index is 782. The fourth-order valence-electron chi connectivity index (χ4n) is 3.07. The molecule has 0 aliphatic heterocycles. The number of hydrogen-bond donors (Lipinski definition) is 2. The number of thiocarbonyl (C=S) groups is 1. The zero-order chi connectivity index (χ0) is 20.7. The molecule has 154 valence electrons. The lowest BCUT2D eigenvalue weighted by molar-refractivity contribution is 0.300. The molecule has 0 saturated carbocycles. The van der Waals surface area contributed by atoms with Crippen LogP contribution in [0, 0.1) is 13.8 Å². The summed E-state index contributed by atoms with van der Waals surface area (Å²) in [4.78, 5) is 2.40. The van der Waals surface area contributed by atoms with Crippen molar-refractivity contribution in [1.29, 1.82) is 0 Å². The first-order valence-corrected chi connectivity index (χ1v) is 10.8. The molecule has 0 bridgehead atoms. The van der Waals surface area contributed by atoms with E-state index in [2.05, 4.69) is 34.5 Å². The van der Waals surface area contributed by atoms with Crippen LogP contribution in [0.5, 0.6) is 0 Å². The molecule has 5 nitrogen and oxygen atoms in total. The number of hydrogen-bond acceptors (Lipinski definition) is 3. The van der Waals surface area contributed by atoms with E-state index in [-0.39, 0.29) is 0 Å². The molecule has 2 aromatic rings. The number of aryl methyl sites for hydroxylation is 1. The Morgan fingerprint density at radius 1 is 1.18 bits per heavy atom. The zero-order valence-corrected chi connectivity index (χ0v) is 19.3. The Balaban J connectivity index is 1.97. The molecule has 2 N–H and O–H groups in total. The third-order valence-corrected chi connectivity index (χ3v) is 5.78. The van der Waals surface area contributed by atoms with Crippen molar-refractivity contribution in [2.45, 2.75) is 40.7 Å². The summed E-state index contributed by atoms with van der Waals surface area (Å²) in [6.07, 6.45) is 1.05. The first-order valence-electron chi connectivity index (χ1n) is 9.61. The minimum Gasteiger partial charge on any atom is -0.362 e. The number of benzene rings is 1. The Hall–Kier alpha value is -1.34. The van der Waals surface area contributed by atoms with Gasteiger partial charge in [-0.3, -0.25) is 4.68 Å². The van der Waals surface area contributed by atoms with Gasteiger partial charge in [0.1, 0.15) is 0 Å². The van der Waals surface area contributed by atoms with Gasteiger partial charge in [0, 0.05) is 22.2 Å². The molecule has 0 radical (unpaired) electrons. The number of nitrogens with one attached hydrogen (secondary N) is 2. The summed E-state index contributed by atoms with van der Waals surface area (Å²) in [5.41, 5.74) is 3.65. The van der Waals surface area contributed by atoms with Crippen molar-refractivity contribution < 1.29 is 0 Å². The fraction of sp³-hybridized carbons (Fsp3) is 0.500. The SMILES string of the molecule is CCN(CC)CCCNC(=S)Nc1c(C)nn(Cc2c(Cl)cccc2Cl)c1C. The van der Waals surface area contributed by atoms with Crippen molar-refractivity contribution in [3.05, 3.63) is 45.2 Å². The standard InChI is InChI=1S/C20H29Cl2N5S/c1-5-26(6-2)12-8-11-23-20(28)24-19-14(3)25-27(15(19)4)13-16-17(21)9-7-10-18(16)22/h7,9-10H,5-6,8,11-13H2,1-4H3,(H2,23,24,28). The maximum absolute atomic E-state index is 6.30. The molecule has 8 heteroatoms. The molecule has 1 aromatic carbocycles. The molecule has 0 unspecified atom stereocenters. The highest BCUT2D eigenvalue weighted by Gasteiger charge is 2.15. The molecule has 2 rings (SSSR count). The van der Waals surface area contributed by atoms with Gasteiger partial charge in [0.2, 0.25) is 0 Å². The molecular formula is C20H29Cl2N5S. The van der Waals surface area contributed by atoms with Crippen molar-refractivity contribution in [2.24, 2.45) is 0 Å². The van der Waals surface area contributed by atoms with Crippen LogP contribution < -0.4 is 10.6 Å². The number of anilines is 1. The number of rotatable bonds is 9. The molecule has 0 aliphatic carbocycles. The van der Waals surface area contributed by atoms with Crippen LogP contribution in [0.25, 0.3) is 0 Å². The lowest BCUT2D eigenvalue weighted by atomic mass is 10.2. The van der Waals surface area contributed by atoms with E-state index in [4.69, 9.17) is 35.4 Å². The number of halogens is 2. The lowest BCUT2D eigenvalue weighted by Crippen LogP contribution is -2.32. The van der Waals surface area contributed by atoms with Crippen molar-refractivity contribution in [3.8, 4) is 0 Å². The molecule has 1 aromatic heterocycles. The van der Waals surface area contributed by atoms with Crippen LogP contribution >= 0.6 is 35.4 Å². The topological polar surface area (TPSA) is 45.1 Å². The average Bonchev–Trinajstić information content (AvgIpc) is 2.92. The number of nitrogens with zero attached hydrogens (tertiary/aromatic N) is 3. The van der Waals surface area contributed by atoms with Gasteiger partial charge in [0.05, 0.1) is 23.6 Å². The van der Waals surface area contributed by atoms with E-state index in [1.807, 2.05) is 36.7 Å². The fourth-order valence-corrected chi connectivity index (χ4v) is 3.79. The summed E-state index contributed by atoms with van der Waals surface area (Å²) in [5.74, 6) is 0.